The largest absolute Gasteiger partial charge is 0.494 e. The van der Waals surface area contributed by atoms with Gasteiger partial charge in [-0.2, -0.15) is 0 Å². The second-order valence-electron chi connectivity index (χ2n) is 5.46. The topological polar surface area (TPSA) is 47.9 Å². The molecule has 0 aliphatic carbocycles. The molecule has 3 aromatic rings. The van der Waals surface area contributed by atoms with Crippen LogP contribution in [0, 0.1) is 0 Å². The van der Waals surface area contributed by atoms with Crippen LogP contribution in [0.25, 0.3) is 22.2 Å². The van der Waals surface area contributed by atoms with Crippen LogP contribution in [0.15, 0.2) is 36.4 Å². The lowest BCUT2D eigenvalue weighted by Gasteiger charge is -2.15. The molecule has 10 heteroatoms. The van der Waals surface area contributed by atoms with Crippen LogP contribution in [0.1, 0.15) is 18.6 Å². The lowest BCUT2D eigenvalue weighted by Crippen LogP contribution is -2.16. The van der Waals surface area contributed by atoms with E-state index in [0.29, 0.717) is 12.2 Å². The maximum absolute atomic E-state index is 5.92. The number of hydrogen-bond donors (Lipinski definition) is 0. The summed E-state index contributed by atoms with van der Waals surface area (Å²) in [7, 11) is 0. The van der Waals surface area contributed by atoms with Crippen molar-refractivity contribution in [2.75, 3.05) is 6.61 Å². The molecule has 0 N–H and O–H groups in total. The molecular formula is C17H11Cl6N3O. The van der Waals surface area contributed by atoms with Crippen LogP contribution >= 0.6 is 69.6 Å². The van der Waals surface area contributed by atoms with Gasteiger partial charge in [0.05, 0.1) is 6.61 Å². The number of hydrogen-bond acceptors (Lipinski definition) is 4. The highest BCUT2D eigenvalue weighted by molar-refractivity contribution is 6.67. The summed E-state index contributed by atoms with van der Waals surface area (Å²) in [6.45, 7) is 2.52. The smallest absolute Gasteiger partial charge is 0.250 e. The van der Waals surface area contributed by atoms with Crippen LogP contribution < -0.4 is 4.74 Å². The zero-order chi connectivity index (χ0) is 19.8. The minimum absolute atomic E-state index is 0.134. The van der Waals surface area contributed by atoms with Gasteiger partial charge in [0.15, 0.2) is 17.5 Å². The highest BCUT2D eigenvalue weighted by Crippen LogP contribution is 2.41. The molecule has 0 unspecified atom stereocenters. The molecule has 142 valence electrons. The van der Waals surface area contributed by atoms with E-state index in [1.807, 2.05) is 43.3 Å². The van der Waals surface area contributed by atoms with Crippen LogP contribution in [0.2, 0.25) is 0 Å². The molecule has 2 aromatic carbocycles. The lowest BCUT2D eigenvalue weighted by molar-refractivity contribution is 0.341. The number of fused-ring (bicyclic) bond motifs is 1. The second-order valence-corrected chi connectivity index (χ2v) is 10.0. The van der Waals surface area contributed by atoms with E-state index < -0.39 is 7.59 Å². The fourth-order valence-corrected chi connectivity index (χ4v) is 2.89. The summed E-state index contributed by atoms with van der Waals surface area (Å²) in [6, 6.07) is 11.3. The first-order valence-corrected chi connectivity index (χ1v) is 9.92. The zero-order valence-electron chi connectivity index (χ0n) is 13.7. The molecule has 0 aliphatic heterocycles. The fourth-order valence-electron chi connectivity index (χ4n) is 2.38. The fraction of sp³-hybridized carbons (Fsp3) is 0.235. The van der Waals surface area contributed by atoms with Crippen LogP contribution in [0.3, 0.4) is 0 Å². The van der Waals surface area contributed by atoms with Gasteiger partial charge in [0, 0.05) is 5.56 Å². The molecule has 27 heavy (non-hydrogen) atoms. The summed E-state index contributed by atoms with van der Waals surface area (Å²) < 4.78 is 1.72. The first kappa shape index (κ1) is 21.0. The molecule has 0 saturated heterocycles. The predicted octanol–water partition coefficient (Wildman–Crippen LogP) is 6.74. The van der Waals surface area contributed by atoms with Gasteiger partial charge in [-0.15, -0.1) is 0 Å². The van der Waals surface area contributed by atoms with E-state index in [2.05, 4.69) is 15.0 Å². The molecule has 1 aromatic heterocycles. The first-order valence-electron chi connectivity index (χ1n) is 7.65. The Hall–Kier alpha value is -0.750. The molecule has 1 heterocycles. The Bertz CT molecular complexity index is 952. The number of alkyl halides is 6. The molecule has 0 radical (unpaired) electrons. The van der Waals surface area contributed by atoms with E-state index in [-0.39, 0.29) is 17.5 Å². The van der Waals surface area contributed by atoms with Crippen molar-refractivity contribution in [2.45, 2.75) is 14.5 Å². The summed E-state index contributed by atoms with van der Waals surface area (Å²) >= 11 is 35.5. The van der Waals surface area contributed by atoms with Crippen LogP contribution in [0.5, 0.6) is 5.75 Å². The lowest BCUT2D eigenvalue weighted by atomic mass is 10.1. The van der Waals surface area contributed by atoms with Gasteiger partial charge < -0.3 is 4.74 Å². The Labute approximate surface area is 185 Å². The number of aromatic nitrogens is 3. The van der Waals surface area contributed by atoms with Crippen molar-refractivity contribution in [3.8, 4) is 17.1 Å². The van der Waals surface area contributed by atoms with Crippen molar-refractivity contribution in [3.05, 3.63) is 48.0 Å². The highest BCUT2D eigenvalue weighted by Gasteiger charge is 2.34. The minimum Gasteiger partial charge on any atom is -0.494 e. The summed E-state index contributed by atoms with van der Waals surface area (Å²) in [5.74, 6) is 0.745. The number of benzene rings is 2. The van der Waals surface area contributed by atoms with Crippen molar-refractivity contribution < 1.29 is 4.74 Å². The maximum atomic E-state index is 5.92. The standard InChI is InChI=1S/C17H11Cl6N3O/c1-2-27-12-6-5-9-7-11(4-3-10(9)8-12)13-24-14(16(18,19)20)26-15(25-13)17(21,22)23/h3-8H,2H2,1H3. The van der Waals surface area contributed by atoms with Gasteiger partial charge in [-0.1, -0.05) is 87.8 Å². The number of nitrogens with zero attached hydrogens (tertiary/aromatic N) is 3. The highest BCUT2D eigenvalue weighted by atomic mass is 35.6. The molecule has 0 spiro atoms. The molecule has 0 bridgehead atoms. The SMILES string of the molecule is CCOc1ccc2cc(-c3nc(C(Cl)(Cl)Cl)nc(C(Cl)(Cl)Cl)n3)ccc2c1. The summed E-state index contributed by atoms with van der Waals surface area (Å²) in [5, 5.41) is 1.93. The molecule has 0 fully saturated rings. The normalized spacial score (nSPS) is 12.4. The third-order valence-electron chi connectivity index (χ3n) is 3.52. The zero-order valence-corrected chi connectivity index (χ0v) is 18.2. The first-order chi connectivity index (χ1) is 12.6. The average Bonchev–Trinajstić information content (AvgIpc) is 2.59. The quantitative estimate of drug-likeness (QED) is 0.385. The van der Waals surface area contributed by atoms with Gasteiger partial charge in [-0.3, -0.25) is 0 Å². The Kier molecular flexibility index (Phi) is 6.17. The van der Waals surface area contributed by atoms with Gasteiger partial charge in [0.25, 0.3) is 0 Å². The van der Waals surface area contributed by atoms with E-state index in [1.165, 1.54) is 0 Å². The van der Waals surface area contributed by atoms with Crippen LogP contribution in [-0.2, 0) is 7.59 Å². The number of rotatable bonds is 3. The van der Waals surface area contributed by atoms with Crippen molar-refractivity contribution in [1.82, 2.24) is 15.0 Å². The van der Waals surface area contributed by atoms with Crippen molar-refractivity contribution >= 4 is 80.4 Å². The Morgan fingerprint density at radius 2 is 1.33 bits per heavy atom. The van der Waals surface area contributed by atoms with Gasteiger partial charge in [-0.25, -0.2) is 15.0 Å². The van der Waals surface area contributed by atoms with Gasteiger partial charge in [-0.05, 0) is 35.9 Å². The second kappa shape index (κ2) is 7.94. The monoisotopic (exact) mass is 483 g/mol. The van der Waals surface area contributed by atoms with E-state index in [0.717, 1.165) is 16.5 Å². The summed E-state index contributed by atoms with van der Waals surface area (Å²) in [5.41, 5.74) is 0.653. The van der Waals surface area contributed by atoms with E-state index in [4.69, 9.17) is 74.3 Å². The van der Waals surface area contributed by atoms with Crippen LogP contribution in [-0.4, -0.2) is 21.6 Å². The van der Waals surface area contributed by atoms with Crippen molar-refractivity contribution in [1.29, 1.82) is 0 Å². The summed E-state index contributed by atoms with van der Waals surface area (Å²) in [4.78, 5) is 12.4. The third kappa shape index (κ3) is 5.00. The predicted molar refractivity (Wildman–Crippen MR) is 112 cm³/mol. The van der Waals surface area contributed by atoms with E-state index in [1.54, 1.807) is 0 Å². The molecule has 0 saturated carbocycles. The molecule has 3 rings (SSSR count). The van der Waals surface area contributed by atoms with Gasteiger partial charge >= 0.3 is 0 Å². The molecule has 0 atom stereocenters. The molecule has 4 nitrogen and oxygen atoms in total. The molecule has 0 aliphatic rings. The Morgan fingerprint density at radius 3 is 1.89 bits per heavy atom. The Morgan fingerprint density at radius 1 is 0.778 bits per heavy atom. The van der Waals surface area contributed by atoms with E-state index >= 15 is 0 Å². The molecule has 0 amide bonds. The van der Waals surface area contributed by atoms with Gasteiger partial charge in [0.1, 0.15) is 5.75 Å². The number of halogens is 6. The van der Waals surface area contributed by atoms with Gasteiger partial charge in [0.2, 0.25) is 7.59 Å². The van der Waals surface area contributed by atoms with Crippen molar-refractivity contribution in [2.24, 2.45) is 0 Å². The van der Waals surface area contributed by atoms with E-state index in [9.17, 15) is 0 Å². The minimum atomic E-state index is -1.90. The van der Waals surface area contributed by atoms with Crippen molar-refractivity contribution in [3.63, 3.8) is 0 Å². The maximum Gasteiger partial charge on any atom is 0.250 e. The third-order valence-corrected chi connectivity index (χ3v) is 4.54. The average molecular weight is 486 g/mol. The number of ether oxygens (including phenoxy) is 1. The summed E-state index contributed by atoms with van der Waals surface area (Å²) in [6.07, 6.45) is 0. The molecular weight excluding hydrogens is 475 g/mol. The van der Waals surface area contributed by atoms with Crippen LogP contribution in [0.4, 0.5) is 0 Å². The Balaban J connectivity index is 2.13.